The van der Waals surface area contributed by atoms with E-state index >= 15 is 0 Å². The Morgan fingerprint density at radius 1 is 1.13 bits per heavy atom. The van der Waals surface area contributed by atoms with Crippen LogP contribution in [0.15, 0.2) is 57.7 Å². The summed E-state index contributed by atoms with van der Waals surface area (Å²) >= 11 is 0. The average Bonchev–Trinajstić information content (AvgIpc) is 2.54. The minimum atomic E-state index is -0.528. The summed E-state index contributed by atoms with van der Waals surface area (Å²) in [6, 6.07) is 15.5. The molecule has 112 valence electrons. The molecule has 0 spiro atoms. The molecule has 3 rings (SSSR count). The second-order valence-corrected chi connectivity index (χ2v) is 5.38. The summed E-state index contributed by atoms with van der Waals surface area (Å²) in [6.45, 7) is 1.96. The van der Waals surface area contributed by atoms with E-state index in [-0.39, 0.29) is 12.2 Å². The van der Waals surface area contributed by atoms with Gasteiger partial charge in [0.05, 0.1) is 11.6 Å². The van der Waals surface area contributed by atoms with E-state index in [1.54, 1.807) is 24.3 Å². The third kappa shape index (κ3) is 3.04. The maximum atomic E-state index is 12.4. The van der Waals surface area contributed by atoms with Gasteiger partial charge < -0.3 is 4.42 Å². The maximum Gasteiger partial charge on any atom is 0.336 e. The highest BCUT2D eigenvalue weighted by Gasteiger charge is 2.12. The average molecular weight is 303 g/mol. The topological polar surface area (TPSA) is 71.1 Å². The number of ketones is 1. The molecule has 0 bridgehead atoms. The van der Waals surface area contributed by atoms with Gasteiger partial charge in [-0.3, -0.25) is 4.79 Å². The first-order valence-electron chi connectivity index (χ1n) is 7.13. The minimum absolute atomic E-state index is 0.0683. The molecule has 4 heteroatoms. The van der Waals surface area contributed by atoms with Crippen molar-refractivity contribution >= 4 is 16.8 Å². The second-order valence-electron chi connectivity index (χ2n) is 5.38. The van der Waals surface area contributed by atoms with Crippen molar-refractivity contribution in [2.45, 2.75) is 13.3 Å². The Morgan fingerprint density at radius 3 is 2.57 bits per heavy atom. The van der Waals surface area contributed by atoms with Gasteiger partial charge in [-0.25, -0.2) is 4.79 Å². The van der Waals surface area contributed by atoms with Crippen molar-refractivity contribution in [1.82, 2.24) is 0 Å². The molecule has 1 heterocycles. The van der Waals surface area contributed by atoms with Crippen LogP contribution in [0.2, 0.25) is 0 Å². The van der Waals surface area contributed by atoms with Crippen molar-refractivity contribution in [1.29, 1.82) is 5.26 Å². The lowest BCUT2D eigenvalue weighted by molar-refractivity contribution is 0.0993. The van der Waals surface area contributed by atoms with Crippen molar-refractivity contribution < 1.29 is 9.21 Å². The SMILES string of the molecule is Cc1ccc(C(=O)Cc2cc(=O)oc3cc(C#N)ccc23)cc1. The predicted octanol–water partition coefficient (Wildman–Crippen LogP) is 3.40. The molecule has 0 aliphatic heterocycles. The van der Waals surface area contributed by atoms with E-state index in [0.717, 1.165) is 5.56 Å². The van der Waals surface area contributed by atoms with Gasteiger partial charge in [-0.05, 0) is 30.7 Å². The number of carbonyl (C=O) groups is 1. The molecule has 4 nitrogen and oxygen atoms in total. The van der Waals surface area contributed by atoms with Crippen LogP contribution in [-0.2, 0) is 6.42 Å². The van der Waals surface area contributed by atoms with E-state index in [4.69, 9.17) is 9.68 Å². The molecule has 1 aromatic heterocycles. The monoisotopic (exact) mass is 303 g/mol. The Bertz CT molecular complexity index is 992. The lowest BCUT2D eigenvalue weighted by Gasteiger charge is -2.06. The zero-order valence-electron chi connectivity index (χ0n) is 12.5. The molecule has 0 saturated carbocycles. The molecule has 0 unspecified atom stereocenters. The number of fused-ring (bicyclic) bond motifs is 1. The Morgan fingerprint density at radius 2 is 1.87 bits per heavy atom. The van der Waals surface area contributed by atoms with E-state index < -0.39 is 5.63 Å². The number of nitriles is 1. The van der Waals surface area contributed by atoms with Crippen LogP contribution >= 0.6 is 0 Å². The highest BCUT2D eigenvalue weighted by atomic mass is 16.4. The van der Waals surface area contributed by atoms with Gasteiger partial charge in [0.2, 0.25) is 0 Å². The molecule has 23 heavy (non-hydrogen) atoms. The first-order valence-corrected chi connectivity index (χ1v) is 7.13. The van der Waals surface area contributed by atoms with Gasteiger partial charge in [-0.1, -0.05) is 29.8 Å². The number of carbonyl (C=O) groups excluding carboxylic acids is 1. The fourth-order valence-electron chi connectivity index (χ4n) is 2.46. The van der Waals surface area contributed by atoms with Crippen molar-refractivity contribution in [2.75, 3.05) is 0 Å². The lowest BCUT2D eigenvalue weighted by atomic mass is 9.99. The number of Topliss-reactive ketones (excluding diaryl/α,β-unsaturated/α-hetero) is 1. The summed E-state index contributed by atoms with van der Waals surface area (Å²) in [5, 5.41) is 9.60. The van der Waals surface area contributed by atoms with Gasteiger partial charge in [0, 0.05) is 23.4 Å². The zero-order chi connectivity index (χ0) is 16.4. The quantitative estimate of drug-likeness (QED) is 0.549. The molecule has 0 N–H and O–H groups in total. The minimum Gasteiger partial charge on any atom is -0.423 e. The molecule has 2 aromatic carbocycles. The van der Waals surface area contributed by atoms with Gasteiger partial charge in [0.25, 0.3) is 0 Å². The van der Waals surface area contributed by atoms with Crippen LogP contribution in [0.4, 0.5) is 0 Å². The van der Waals surface area contributed by atoms with Crippen molar-refractivity contribution in [3.8, 4) is 6.07 Å². The van der Waals surface area contributed by atoms with Gasteiger partial charge in [-0.2, -0.15) is 5.26 Å². The third-order valence-corrected chi connectivity index (χ3v) is 3.68. The number of rotatable bonds is 3. The summed E-state index contributed by atoms with van der Waals surface area (Å²) in [5.41, 5.74) is 2.48. The van der Waals surface area contributed by atoms with Crippen molar-refractivity contribution in [3.63, 3.8) is 0 Å². The van der Waals surface area contributed by atoms with Gasteiger partial charge in [-0.15, -0.1) is 0 Å². The van der Waals surface area contributed by atoms with Crippen LogP contribution < -0.4 is 5.63 Å². The van der Waals surface area contributed by atoms with Gasteiger partial charge in [0.15, 0.2) is 5.78 Å². The number of hydrogen-bond donors (Lipinski definition) is 0. The number of nitrogens with zero attached hydrogens (tertiary/aromatic N) is 1. The Hall–Kier alpha value is -3.19. The lowest BCUT2D eigenvalue weighted by Crippen LogP contribution is -2.08. The fraction of sp³-hybridized carbons (Fsp3) is 0.105. The van der Waals surface area contributed by atoms with Crippen molar-refractivity contribution in [3.05, 3.63) is 81.2 Å². The number of aryl methyl sites for hydroxylation is 1. The van der Waals surface area contributed by atoms with Crippen LogP contribution in [0.5, 0.6) is 0 Å². The Kier molecular flexibility index (Phi) is 3.78. The van der Waals surface area contributed by atoms with Crippen LogP contribution in [0, 0.1) is 18.3 Å². The van der Waals surface area contributed by atoms with E-state index in [9.17, 15) is 9.59 Å². The van der Waals surface area contributed by atoms with Gasteiger partial charge in [0.1, 0.15) is 5.58 Å². The highest BCUT2D eigenvalue weighted by Crippen LogP contribution is 2.20. The van der Waals surface area contributed by atoms with E-state index in [1.165, 1.54) is 12.1 Å². The molecule has 0 fully saturated rings. The number of benzene rings is 2. The third-order valence-electron chi connectivity index (χ3n) is 3.68. The standard InChI is InChI=1S/C19H13NO3/c1-12-2-5-14(6-3-12)17(21)9-15-10-19(22)23-18-8-13(11-20)4-7-16(15)18/h2-8,10H,9H2,1H3. The summed E-state index contributed by atoms with van der Waals surface area (Å²) in [6.07, 6.45) is 0.108. The first kappa shape index (κ1) is 14.7. The normalized spacial score (nSPS) is 10.4. The first-order chi connectivity index (χ1) is 11.1. The summed E-state index contributed by atoms with van der Waals surface area (Å²) in [7, 11) is 0. The second kappa shape index (κ2) is 5.90. The zero-order valence-corrected chi connectivity index (χ0v) is 12.5. The predicted molar refractivity (Wildman–Crippen MR) is 86.4 cm³/mol. The molecule has 0 saturated heterocycles. The Balaban J connectivity index is 2.02. The molecule has 3 aromatic rings. The molecule has 0 atom stereocenters. The molecule has 0 aliphatic rings. The van der Waals surface area contributed by atoms with Gasteiger partial charge >= 0.3 is 5.63 Å². The van der Waals surface area contributed by atoms with Crippen LogP contribution in [0.25, 0.3) is 11.0 Å². The molecule has 0 amide bonds. The van der Waals surface area contributed by atoms with E-state index in [0.29, 0.717) is 27.7 Å². The highest BCUT2D eigenvalue weighted by molar-refractivity contribution is 5.99. The summed E-state index contributed by atoms with van der Waals surface area (Å²) < 4.78 is 5.13. The largest absolute Gasteiger partial charge is 0.423 e. The maximum absolute atomic E-state index is 12.4. The summed E-state index contributed by atoms with van der Waals surface area (Å²) in [4.78, 5) is 24.1. The smallest absolute Gasteiger partial charge is 0.336 e. The van der Waals surface area contributed by atoms with E-state index in [2.05, 4.69) is 0 Å². The van der Waals surface area contributed by atoms with Crippen LogP contribution in [-0.4, -0.2) is 5.78 Å². The van der Waals surface area contributed by atoms with Crippen LogP contribution in [0.1, 0.15) is 27.0 Å². The molecule has 0 aliphatic carbocycles. The molecular weight excluding hydrogens is 290 g/mol. The Labute approximate surface area is 132 Å². The fourth-order valence-corrected chi connectivity index (χ4v) is 2.46. The summed E-state index contributed by atoms with van der Waals surface area (Å²) in [5.74, 6) is -0.0683. The molecular formula is C19H13NO3. The van der Waals surface area contributed by atoms with E-state index in [1.807, 2.05) is 25.1 Å². The number of hydrogen-bond acceptors (Lipinski definition) is 4. The molecule has 0 radical (unpaired) electrons. The van der Waals surface area contributed by atoms with Crippen LogP contribution in [0.3, 0.4) is 0 Å². The van der Waals surface area contributed by atoms with Crippen molar-refractivity contribution in [2.24, 2.45) is 0 Å².